The van der Waals surface area contributed by atoms with Crippen LogP contribution in [-0.2, 0) is 9.53 Å². The molecular formula is C24H34N2O3. The molecule has 3 aliphatic heterocycles. The van der Waals surface area contributed by atoms with Crippen molar-refractivity contribution < 1.29 is 14.3 Å². The predicted octanol–water partition coefficient (Wildman–Crippen LogP) is 3.53. The summed E-state index contributed by atoms with van der Waals surface area (Å²) < 4.78 is 5.76. The molecule has 3 fully saturated rings. The van der Waals surface area contributed by atoms with Gasteiger partial charge in [0.15, 0.2) is 5.78 Å². The predicted molar refractivity (Wildman–Crippen MR) is 113 cm³/mol. The second-order valence-corrected chi connectivity index (χ2v) is 9.14. The first-order valence-electron chi connectivity index (χ1n) is 11.3. The number of piperidine rings is 2. The van der Waals surface area contributed by atoms with E-state index in [1.54, 1.807) is 0 Å². The zero-order valence-corrected chi connectivity index (χ0v) is 17.5. The molecule has 0 bridgehead atoms. The number of carbonyl (C=O) groups excluding carboxylic acids is 2. The van der Waals surface area contributed by atoms with Gasteiger partial charge in [0, 0.05) is 38.1 Å². The topological polar surface area (TPSA) is 49.9 Å². The van der Waals surface area contributed by atoms with E-state index in [2.05, 4.69) is 9.80 Å². The Balaban J connectivity index is 1.21. The summed E-state index contributed by atoms with van der Waals surface area (Å²) in [5.41, 5.74) is 1.12. The molecular weight excluding hydrogens is 364 g/mol. The highest BCUT2D eigenvalue weighted by Crippen LogP contribution is 2.40. The molecule has 4 rings (SSSR count). The lowest BCUT2D eigenvalue weighted by Crippen LogP contribution is -2.53. The van der Waals surface area contributed by atoms with Gasteiger partial charge in [-0.25, -0.2) is 0 Å². The van der Waals surface area contributed by atoms with Crippen molar-refractivity contribution >= 4 is 11.7 Å². The second kappa shape index (κ2) is 9.40. The number of rotatable bonds is 7. The number of nitrogens with zero attached hydrogens (tertiary/aromatic N) is 2. The van der Waals surface area contributed by atoms with Crippen molar-refractivity contribution in [1.29, 1.82) is 0 Å². The summed E-state index contributed by atoms with van der Waals surface area (Å²) in [5, 5.41) is 0. The van der Waals surface area contributed by atoms with Gasteiger partial charge in [0.25, 0.3) is 0 Å². The average molecular weight is 399 g/mol. The minimum Gasteiger partial charge on any atom is -0.376 e. The molecule has 0 aromatic heterocycles. The first kappa shape index (κ1) is 20.5. The van der Waals surface area contributed by atoms with Gasteiger partial charge in [-0.2, -0.15) is 0 Å². The Morgan fingerprint density at radius 3 is 2.66 bits per heavy atom. The third-order valence-corrected chi connectivity index (χ3v) is 7.09. The molecule has 3 heterocycles. The van der Waals surface area contributed by atoms with E-state index in [9.17, 15) is 9.59 Å². The number of ether oxygens (including phenoxy) is 1. The normalized spacial score (nSPS) is 24.9. The van der Waals surface area contributed by atoms with E-state index in [1.165, 1.54) is 0 Å². The van der Waals surface area contributed by atoms with Crippen LogP contribution >= 0.6 is 0 Å². The quantitative estimate of drug-likeness (QED) is 0.660. The summed E-state index contributed by atoms with van der Waals surface area (Å²) in [4.78, 5) is 29.3. The Morgan fingerprint density at radius 1 is 1.14 bits per heavy atom. The van der Waals surface area contributed by atoms with Gasteiger partial charge in [0.1, 0.15) is 0 Å². The highest BCUT2D eigenvalue weighted by molar-refractivity contribution is 5.95. The van der Waals surface area contributed by atoms with Gasteiger partial charge >= 0.3 is 0 Å². The number of carbonyl (C=O) groups is 2. The molecule has 158 valence electrons. The number of hydrogen-bond donors (Lipinski definition) is 0. The maximum atomic E-state index is 12.4. The lowest BCUT2D eigenvalue weighted by molar-refractivity contribution is -0.141. The molecule has 3 aliphatic rings. The first-order valence-corrected chi connectivity index (χ1v) is 11.3. The molecule has 1 aromatic carbocycles. The van der Waals surface area contributed by atoms with E-state index >= 15 is 0 Å². The van der Waals surface area contributed by atoms with Crippen molar-refractivity contribution in [2.45, 2.75) is 57.5 Å². The summed E-state index contributed by atoms with van der Waals surface area (Å²) in [6.45, 7) is 5.70. The third kappa shape index (κ3) is 5.26. The van der Waals surface area contributed by atoms with Gasteiger partial charge in [-0.3, -0.25) is 9.59 Å². The maximum Gasteiger partial charge on any atom is 0.222 e. The Morgan fingerprint density at radius 2 is 1.93 bits per heavy atom. The molecule has 1 amide bonds. The molecule has 5 heteroatoms. The Hall–Kier alpha value is -1.72. The zero-order valence-electron chi connectivity index (χ0n) is 17.5. The minimum atomic E-state index is 0.245. The summed E-state index contributed by atoms with van der Waals surface area (Å²) in [6.07, 6.45) is 8.05. The highest BCUT2D eigenvalue weighted by atomic mass is 16.5. The molecule has 0 N–H and O–H groups in total. The van der Waals surface area contributed by atoms with Crippen molar-refractivity contribution in [2.75, 3.05) is 39.3 Å². The molecule has 0 aliphatic carbocycles. The van der Waals surface area contributed by atoms with Crippen LogP contribution in [0.5, 0.6) is 0 Å². The van der Waals surface area contributed by atoms with Gasteiger partial charge in [-0.15, -0.1) is 0 Å². The van der Waals surface area contributed by atoms with Crippen LogP contribution in [0.1, 0.15) is 61.7 Å². The van der Waals surface area contributed by atoms with Gasteiger partial charge in [-0.05, 0) is 63.6 Å². The molecule has 5 nitrogen and oxygen atoms in total. The van der Waals surface area contributed by atoms with E-state index < -0.39 is 0 Å². The van der Waals surface area contributed by atoms with E-state index in [0.29, 0.717) is 24.2 Å². The number of likely N-dealkylation sites (tertiary alicyclic amines) is 2. The van der Waals surface area contributed by atoms with Crippen molar-refractivity contribution in [2.24, 2.45) is 5.41 Å². The van der Waals surface area contributed by atoms with Crippen LogP contribution < -0.4 is 0 Å². The number of hydrogen-bond acceptors (Lipinski definition) is 4. The van der Waals surface area contributed by atoms with Crippen molar-refractivity contribution in [3.8, 4) is 0 Å². The fourth-order valence-corrected chi connectivity index (χ4v) is 5.19. The number of benzene rings is 1. The molecule has 0 unspecified atom stereocenters. The smallest absolute Gasteiger partial charge is 0.222 e. The van der Waals surface area contributed by atoms with Crippen molar-refractivity contribution in [3.05, 3.63) is 35.9 Å². The van der Waals surface area contributed by atoms with Gasteiger partial charge < -0.3 is 14.5 Å². The molecule has 1 spiro atoms. The Labute approximate surface area is 174 Å². The molecule has 0 radical (unpaired) electrons. The third-order valence-electron chi connectivity index (χ3n) is 7.09. The lowest BCUT2D eigenvalue weighted by atomic mass is 9.72. The standard InChI is InChI=1S/C24H34N2O3/c27-22(20-6-2-1-3-7-20)9-4-14-25-15-12-24(13-16-25)11-10-23(28)26(19-24)18-21-8-5-17-29-21/h1-3,6-7,21H,4-5,8-19H2/t21-/m0/s1. The van der Waals surface area contributed by atoms with Gasteiger partial charge in [0.05, 0.1) is 6.10 Å². The summed E-state index contributed by atoms with van der Waals surface area (Å²) in [5.74, 6) is 0.558. The second-order valence-electron chi connectivity index (χ2n) is 9.14. The fraction of sp³-hybridized carbons (Fsp3) is 0.667. The maximum absolute atomic E-state index is 12.4. The number of amides is 1. The van der Waals surface area contributed by atoms with E-state index in [-0.39, 0.29) is 11.9 Å². The van der Waals surface area contributed by atoms with Crippen LogP contribution in [0.4, 0.5) is 0 Å². The molecule has 29 heavy (non-hydrogen) atoms. The van der Waals surface area contributed by atoms with Crippen LogP contribution in [0.15, 0.2) is 30.3 Å². The van der Waals surface area contributed by atoms with Gasteiger partial charge in [0.2, 0.25) is 5.91 Å². The molecule has 1 aromatic rings. The van der Waals surface area contributed by atoms with Crippen molar-refractivity contribution in [3.63, 3.8) is 0 Å². The summed E-state index contributed by atoms with van der Waals surface area (Å²) >= 11 is 0. The fourth-order valence-electron chi connectivity index (χ4n) is 5.19. The summed E-state index contributed by atoms with van der Waals surface area (Å²) in [6, 6.07) is 9.60. The molecule has 3 saturated heterocycles. The monoisotopic (exact) mass is 398 g/mol. The van der Waals surface area contributed by atoms with Crippen LogP contribution in [0.3, 0.4) is 0 Å². The van der Waals surface area contributed by atoms with Crippen LogP contribution in [0.25, 0.3) is 0 Å². The average Bonchev–Trinajstić information content (AvgIpc) is 3.26. The lowest BCUT2D eigenvalue weighted by Gasteiger charge is -2.48. The van der Waals surface area contributed by atoms with E-state index in [0.717, 1.165) is 83.4 Å². The SMILES string of the molecule is O=C(CCCN1CCC2(CCC(=O)N(C[C@@H]3CCCO3)C2)CC1)c1ccccc1. The molecule has 1 atom stereocenters. The number of ketones is 1. The van der Waals surface area contributed by atoms with E-state index in [4.69, 9.17) is 4.74 Å². The van der Waals surface area contributed by atoms with Crippen molar-refractivity contribution in [1.82, 2.24) is 9.80 Å². The van der Waals surface area contributed by atoms with Gasteiger partial charge in [-0.1, -0.05) is 30.3 Å². The van der Waals surface area contributed by atoms with Crippen LogP contribution in [0, 0.1) is 5.41 Å². The minimum absolute atomic E-state index is 0.245. The first-order chi connectivity index (χ1) is 14.1. The Bertz CT molecular complexity index is 691. The molecule has 0 saturated carbocycles. The zero-order chi connectivity index (χ0) is 20.1. The largest absolute Gasteiger partial charge is 0.376 e. The van der Waals surface area contributed by atoms with E-state index in [1.807, 2.05) is 30.3 Å². The Kier molecular flexibility index (Phi) is 6.66. The summed E-state index contributed by atoms with van der Waals surface area (Å²) in [7, 11) is 0. The van der Waals surface area contributed by atoms with Crippen LogP contribution in [0.2, 0.25) is 0 Å². The highest BCUT2D eigenvalue weighted by Gasteiger charge is 2.41. The number of Topliss-reactive ketones (excluding diaryl/α,β-unsaturated/α-hetero) is 1. The van der Waals surface area contributed by atoms with Crippen LogP contribution in [-0.4, -0.2) is 66.9 Å².